The van der Waals surface area contributed by atoms with Crippen LogP contribution in [0.25, 0.3) is 0 Å². The van der Waals surface area contributed by atoms with Crippen molar-refractivity contribution in [2.45, 2.75) is 49.0 Å². The van der Waals surface area contributed by atoms with Gasteiger partial charge in [0.15, 0.2) is 0 Å². The van der Waals surface area contributed by atoms with Gasteiger partial charge in [-0.05, 0) is 12.8 Å². The van der Waals surface area contributed by atoms with Crippen molar-refractivity contribution in [3.8, 4) is 0 Å². The number of hydrogen-bond acceptors (Lipinski definition) is 4. The molecular formula is C13H21N3O4S. The summed E-state index contributed by atoms with van der Waals surface area (Å²) in [6.07, 6.45) is 6.43. The van der Waals surface area contributed by atoms with E-state index in [1.807, 2.05) is 0 Å². The van der Waals surface area contributed by atoms with Gasteiger partial charge in [-0.25, -0.2) is 8.42 Å². The molecule has 1 saturated carbocycles. The predicted octanol–water partition coefficient (Wildman–Crippen LogP) is 1.22. The SMILES string of the molecule is CN(C1(CC(=O)O)CCCCC1)S(=O)(=O)c1cnn(C)c1. The van der Waals surface area contributed by atoms with Gasteiger partial charge in [0.05, 0.1) is 12.6 Å². The lowest BCUT2D eigenvalue weighted by molar-refractivity contribution is -0.140. The van der Waals surface area contributed by atoms with E-state index in [9.17, 15) is 18.3 Å². The molecule has 21 heavy (non-hydrogen) atoms. The molecule has 1 aromatic rings. The summed E-state index contributed by atoms with van der Waals surface area (Å²) in [7, 11) is -0.607. The van der Waals surface area contributed by atoms with Crippen molar-refractivity contribution in [2.75, 3.05) is 7.05 Å². The van der Waals surface area contributed by atoms with Crippen LogP contribution in [0.1, 0.15) is 38.5 Å². The largest absolute Gasteiger partial charge is 0.481 e. The topological polar surface area (TPSA) is 92.5 Å². The molecule has 1 aromatic heterocycles. The van der Waals surface area contributed by atoms with Crippen molar-refractivity contribution >= 4 is 16.0 Å². The van der Waals surface area contributed by atoms with Gasteiger partial charge < -0.3 is 5.11 Å². The summed E-state index contributed by atoms with van der Waals surface area (Å²) in [6.45, 7) is 0. The average molecular weight is 315 g/mol. The molecule has 8 heteroatoms. The zero-order chi connectivity index (χ0) is 15.7. The van der Waals surface area contributed by atoms with Crippen molar-refractivity contribution in [2.24, 2.45) is 7.05 Å². The predicted molar refractivity (Wildman–Crippen MR) is 76.2 cm³/mol. The van der Waals surface area contributed by atoms with Gasteiger partial charge in [0.25, 0.3) is 0 Å². The van der Waals surface area contributed by atoms with Crippen LogP contribution in [0, 0.1) is 0 Å². The lowest BCUT2D eigenvalue weighted by Crippen LogP contribution is -2.51. The van der Waals surface area contributed by atoms with Crippen LogP contribution in [0.3, 0.4) is 0 Å². The van der Waals surface area contributed by atoms with Gasteiger partial charge in [-0.2, -0.15) is 9.40 Å². The van der Waals surface area contributed by atoms with E-state index in [1.165, 1.54) is 28.4 Å². The quantitative estimate of drug-likeness (QED) is 0.882. The Labute approximate surface area is 124 Å². The van der Waals surface area contributed by atoms with Gasteiger partial charge in [-0.1, -0.05) is 19.3 Å². The molecule has 0 aliphatic heterocycles. The van der Waals surface area contributed by atoms with Crippen molar-refractivity contribution in [1.82, 2.24) is 14.1 Å². The van der Waals surface area contributed by atoms with Crippen LogP contribution >= 0.6 is 0 Å². The van der Waals surface area contributed by atoms with Crippen molar-refractivity contribution in [3.05, 3.63) is 12.4 Å². The van der Waals surface area contributed by atoms with Crippen molar-refractivity contribution in [3.63, 3.8) is 0 Å². The molecule has 2 rings (SSSR count). The van der Waals surface area contributed by atoms with Gasteiger partial charge in [0, 0.05) is 25.8 Å². The Morgan fingerprint density at radius 1 is 1.43 bits per heavy atom. The Balaban J connectivity index is 2.37. The maximum absolute atomic E-state index is 12.7. The third kappa shape index (κ3) is 3.11. The Bertz CT molecular complexity index is 617. The average Bonchev–Trinajstić information content (AvgIpc) is 2.85. The molecule has 1 N–H and O–H groups in total. The lowest BCUT2D eigenvalue weighted by Gasteiger charge is -2.42. The number of hydrogen-bond donors (Lipinski definition) is 1. The maximum atomic E-state index is 12.7. The minimum Gasteiger partial charge on any atom is -0.481 e. The molecule has 0 saturated heterocycles. The van der Waals surface area contributed by atoms with Crippen LogP contribution in [0.5, 0.6) is 0 Å². The third-order valence-electron chi connectivity index (χ3n) is 4.27. The fourth-order valence-electron chi connectivity index (χ4n) is 3.04. The second-order valence-corrected chi connectivity index (χ2v) is 7.65. The van der Waals surface area contributed by atoms with E-state index in [1.54, 1.807) is 7.05 Å². The summed E-state index contributed by atoms with van der Waals surface area (Å²) in [5, 5.41) is 13.1. The van der Waals surface area contributed by atoms with E-state index in [-0.39, 0.29) is 11.3 Å². The van der Waals surface area contributed by atoms with E-state index < -0.39 is 21.5 Å². The van der Waals surface area contributed by atoms with E-state index >= 15 is 0 Å². The molecule has 0 amide bonds. The molecule has 0 unspecified atom stereocenters. The number of carboxylic acid groups (broad SMARTS) is 1. The minimum absolute atomic E-state index is 0.0998. The molecular weight excluding hydrogens is 294 g/mol. The van der Waals surface area contributed by atoms with Crippen LogP contribution in [0.15, 0.2) is 17.3 Å². The summed E-state index contributed by atoms with van der Waals surface area (Å²) in [4.78, 5) is 11.3. The van der Waals surface area contributed by atoms with Crippen LogP contribution in [-0.2, 0) is 21.9 Å². The zero-order valence-electron chi connectivity index (χ0n) is 12.3. The molecule has 0 atom stereocenters. The molecule has 1 heterocycles. The van der Waals surface area contributed by atoms with Crippen LogP contribution in [0.4, 0.5) is 0 Å². The number of nitrogens with zero attached hydrogens (tertiary/aromatic N) is 3. The summed E-state index contributed by atoms with van der Waals surface area (Å²) >= 11 is 0. The number of aliphatic carboxylic acids is 1. The highest BCUT2D eigenvalue weighted by Gasteiger charge is 2.44. The third-order valence-corrected chi connectivity index (χ3v) is 6.19. The first-order chi connectivity index (χ1) is 9.78. The number of rotatable bonds is 5. The van der Waals surface area contributed by atoms with E-state index in [2.05, 4.69) is 5.10 Å². The molecule has 118 valence electrons. The highest BCUT2D eigenvalue weighted by molar-refractivity contribution is 7.89. The van der Waals surface area contributed by atoms with Crippen molar-refractivity contribution in [1.29, 1.82) is 0 Å². The fraction of sp³-hybridized carbons (Fsp3) is 0.692. The van der Waals surface area contributed by atoms with E-state index in [4.69, 9.17) is 0 Å². The normalized spacial score (nSPS) is 18.8. The first-order valence-corrected chi connectivity index (χ1v) is 8.41. The number of aryl methyl sites for hydroxylation is 1. The molecule has 0 spiro atoms. The second-order valence-electron chi connectivity index (χ2n) is 5.68. The lowest BCUT2D eigenvalue weighted by atomic mass is 9.79. The Kier molecular flexibility index (Phi) is 4.38. The summed E-state index contributed by atoms with van der Waals surface area (Å²) in [5.41, 5.74) is -0.835. The van der Waals surface area contributed by atoms with Crippen molar-refractivity contribution < 1.29 is 18.3 Å². The van der Waals surface area contributed by atoms with E-state index in [0.717, 1.165) is 19.3 Å². The highest BCUT2D eigenvalue weighted by Crippen LogP contribution is 2.38. The molecule has 0 bridgehead atoms. The molecule has 1 aliphatic carbocycles. The Morgan fingerprint density at radius 3 is 2.52 bits per heavy atom. The van der Waals surface area contributed by atoms with Crippen LogP contribution < -0.4 is 0 Å². The molecule has 1 fully saturated rings. The fourth-order valence-corrected chi connectivity index (χ4v) is 4.58. The summed E-state index contributed by atoms with van der Waals surface area (Å²) < 4.78 is 28.1. The standard InChI is InChI=1S/C13H21N3O4S/c1-15-10-11(9-14-15)21(19,20)16(2)13(8-12(17)18)6-4-3-5-7-13/h9-10H,3-8H2,1-2H3,(H,17,18). The Morgan fingerprint density at radius 2 is 2.05 bits per heavy atom. The minimum atomic E-state index is -3.74. The Hall–Kier alpha value is -1.41. The zero-order valence-corrected chi connectivity index (χ0v) is 13.1. The smallest absolute Gasteiger partial charge is 0.305 e. The number of carbonyl (C=O) groups is 1. The van der Waals surface area contributed by atoms with Crippen LogP contribution in [-0.4, -0.2) is 46.2 Å². The van der Waals surface area contributed by atoms with Gasteiger partial charge >= 0.3 is 5.97 Å². The monoisotopic (exact) mass is 315 g/mol. The summed E-state index contributed by atoms with van der Waals surface area (Å²) in [6, 6.07) is 0. The first-order valence-electron chi connectivity index (χ1n) is 6.97. The van der Waals surface area contributed by atoms with E-state index in [0.29, 0.717) is 12.8 Å². The van der Waals surface area contributed by atoms with Gasteiger partial charge in [0.2, 0.25) is 10.0 Å². The van der Waals surface area contributed by atoms with Gasteiger partial charge in [0.1, 0.15) is 4.90 Å². The number of aromatic nitrogens is 2. The van der Waals surface area contributed by atoms with Gasteiger partial charge in [-0.3, -0.25) is 9.48 Å². The first kappa shape index (κ1) is 16.0. The van der Waals surface area contributed by atoms with Gasteiger partial charge in [-0.15, -0.1) is 0 Å². The number of carboxylic acids is 1. The van der Waals surface area contributed by atoms with Crippen LogP contribution in [0.2, 0.25) is 0 Å². The molecule has 0 aromatic carbocycles. The second kappa shape index (κ2) is 5.76. The highest BCUT2D eigenvalue weighted by atomic mass is 32.2. The molecule has 0 radical (unpaired) electrons. The molecule has 1 aliphatic rings. The number of sulfonamides is 1. The summed E-state index contributed by atoms with van der Waals surface area (Å²) in [5.74, 6) is -0.967. The molecule has 7 nitrogen and oxygen atoms in total. The maximum Gasteiger partial charge on any atom is 0.305 e.